The molecular formula is C18H13F2N3O2. The first-order valence-corrected chi connectivity index (χ1v) is 7.26. The third kappa shape index (κ3) is 3.40. The van der Waals surface area contributed by atoms with Crippen molar-refractivity contribution in [2.45, 2.75) is 0 Å². The van der Waals surface area contributed by atoms with Crippen LogP contribution in [0.5, 0.6) is 0 Å². The first-order valence-electron chi connectivity index (χ1n) is 7.26. The van der Waals surface area contributed by atoms with E-state index in [1.165, 1.54) is 0 Å². The summed E-state index contributed by atoms with van der Waals surface area (Å²) in [4.78, 5) is 12.3. The van der Waals surface area contributed by atoms with Crippen molar-refractivity contribution in [1.29, 1.82) is 0 Å². The fraction of sp³-hybridized carbons (Fsp3) is 0. The largest absolute Gasteiger partial charge is 0.409 e. The van der Waals surface area contributed by atoms with Gasteiger partial charge in [-0.3, -0.25) is 4.79 Å². The molecule has 0 aliphatic heterocycles. The fourth-order valence-electron chi connectivity index (χ4n) is 2.39. The van der Waals surface area contributed by atoms with E-state index in [2.05, 4.69) is 10.5 Å². The number of hydrogen-bond donors (Lipinski definition) is 3. The molecule has 1 amide bonds. The van der Waals surface area contributed by atoms with Crippen molar-refractivity contribution in [3.8, 4) is 0 Å². The molecule has 4 N–H and O–H groups in total. The quantitative estimate of drug-likeness (QED) is 0.295. The molecule has 126 valence electrons. The van der Waals surface area contributed by atoms with Gasteiger partial charge < -0.3 is 16.3 Å². The zero-order valence-corrected chi connectivity index (χ0v) is 12.8. The second kappa shape index (κ2) is 6.56. The summed E-state index contributed by atoms with van der Waals surface area (Å²) in [6, 6.07) is 12.9. The number of nitrogens with two attached hydrogens (primary N) is 1. The van der Waals surface area contributed by atoms with E-state index in [1.807, 2.05) is 0 Å². The van der Waals surface area contributed by atoms with E-state index in [0.29, 0.717) is 17.2 Å². The number of anilines is 1. The van der Waals surface area contributed by atoms with Crippen molar-refractivity contribution in [2.75, 3.05) is 5.32 Å². The second-order valence-electron chi connectivity index (χ2n) is 5.34. The lowest BCUT2D eigenvalue weighted by atomic mass is 10.0. The van der Waals surface area contributed by atoms with Gasteiger partial charge in [-0.2, -0.15) is 0 Å². The third-order valence-electron chi connectivity index (χ3n) is 3.69. The number of rotatable bonds is 3. The van der Waals surface area contributed by atoms with E-state index in [1.54, 1.807) is 36.4 Å². The standard InChI is InChI=1S/C18H13F2N3O2/c19-14-5-6-16(15(20)9-14)22-18(24)13-4-2-10-7-12(17(21)23-25)3-1-11(10)8-13/h1-9,25H,(H2,21,23)(H,22,24). The van der Waals surface area contributed by atoms with Crippen LogP contribution < -0.4 is 11.1 Å². The molecule has 0 aromatic heterocycles. The molecule has 0 aliphatic rings. The molecule has 0 atom stereocenters. The monoisotopic (exact) mass is 341 g/mol. The number of carbonyl (C=O) groups excluding carboxylic acids is 1. The Morgan fingerprint density at radius 1 is 0.960 bits per heavy atom. The van der Waals surface area contributed by atoms with Gasteiger partial charge in [0.1, 0.15) is 11.6 Å². The summed E-state index contributed by atoms with van der Waals surface area (Å²) in [5.74, 6) is -2.11. The van der Waals surface area contributed by atoms with Crippen LogP contribution in [0.3, 0.4) is 0 Å². The van der Waals surface area contributed by atoms with Crippen LogP contribution in [0.2, 0.25) is 0 Å². The highest BCUT2D eigenvalue weighted by Gasteiger charge is 2.11. The number of benzene rings is 3. The molecule has 0 radical (unpaired) electrons. The van der Waals surface area contributed by atoms with Crippen LogP contribution in [0.15, 0.2) is 59.8 Å². The third-order valence-corrected chi connectivity index (χ3v) is 3.69. The maximum Gasteiger partial charge on any atom is 0.255 e. The molecular weight excluding hydrogens is 328 g/mol. The molecule has 3 aromatic carbocycles. The predicted octanol–water partition coefficient (Wildman–Crippen LogP) is 3.46. The van der Waals surface area contributed by atoms with Crippen molar-refractivity contribution in [3.05, 3.63) is 77.4 Å². The van der Waals surface area contributed by atoms with Gasteiger partial charge in [-0.1, -0.05) is 23.4 Å². The van der Waals surface area contributed by atoms with Crippen molar-refractivity contribution in [1.82, 2.24) is 0 Å². The smallest absolute Gasteiger partial charge is 0.255 e. The summed E-state index contributed by atoms with van der Waals surface area (Å²) in [6.45, 7) is 0. The topological polar surface area (TPSA) is 87.7 Å². The lowest BCUT2D eigenvalue weighted by molar-refractivity contribution is 0.102. The van der Waals surface area contributed by atoms with E-state index in [-0.39, 0.29) is 11.5 Å². The molecule has 3 rings (SSSR count). The first kappa shape index (κ1) is 16.4. The Labute approximate surface area is 141 Å². The number of amides is 1. The summed E-state index contributed by atoms with van der Waals surface area (Å²) in [7, 11) is 0. The van der Waals surface area contributed by atoms with Crippen molar-refractivity contribution < 1.29 is 18.8 Å². The Bertz CT molecular complexity index is 1000. The van der Waals surface area contributed by atoms with Crippen molar-refractivity contribution >= 4 is 28.2 Å². The minimum Gasteiger partial charge on any atom is -0.409 e. The van der Waals surface area contributed by atoms with Gasteiger partial charge in [0.2, 0.25) is 0 Å². The minimum absolute atomic E-state index is 0.0181. The molecule has 0 heterocycles. The highest BCUT2D eigenvalue weighted by molar-refractivity contribution is 6.07. The number of oxime groups is 1. The molecule has 0 spiro atoms. The molecule has 0 saturated heterocycles. The van der Waals surface area contributed by atoms with E-state index in [0.717, 1.165) is 22.9 Å². The summed E-state index contributed by atoms with van der Waals surface area (Å²) in [6.07, 6.45) is 0. The van der Waals surface area contributed by atoms with Gasteiger partial charge in [-0.05, 0) is 41.1 Å². The number of hydrogen-bond acceptors (Lipinski definition) is 3. The Morgan fingerprint density at radius 2 is 1.60 bits per heavy atom. The van der Waals surface area contributed by atoms with Crippen LogP contribution in [-0.2, 0) is 0 Å². The molecule has 0 saturated carbocycles. The molecule has 25 heavy (non-hydrogen) atoms. The lowest BCUT2D eigenvalue weighted by Crippen LogP contribution is -2.13. The van der Waals surface area contributed by atoms with E-state index >= 15 is 0 Å². The van der Waals surface area contributed by atoms with E-state index in [9.17, 15) is 13.6 Å². The Morgan fingerprint density at radius 3 is 2.24 bits per heavy atom. The predicted molar refractivity (Wildman–Crippen MR) is 90.8 cm³/mol. The number of carbonyl (C=O) groups is 1. The number of amidine groups is 1. The summed E-state index contributed by atoms with van der Waals surface area (Å²) in [5, 5.41) is 15.6. The van der Waals surface area contributed by atoms with Gasteiger partial charge in [-0.25, -0.2) is 8.78 Å². The van der Waals surface area contributed by atoms with Crippen molar-refractivity contribution in [3.63, 3.8) is 0 Å². The molecule has 3 aromatic rings. The minimum atomic E-state index is -0.849. The van der Waals surface area contributed by atoms with Gasteiger partial charge in [0.15, 0.2) is 5.84 Å². The zero-order chi connectivity index (χ0) is 18.0. The van der Waals surface area contributed by atoms with Gasteiger partial charge in [-0.15, -0.1) is 0 Å². The highest BCUT2D eigenvalue weighted by atomic mass is 19.1. The number of fused-ring (bicyclic) bond motifs is 1. The number of nitrogens with zero attached hydrogens (tertiary/aromatic N) is 1. The molecule has 0 aliphatic carbocycles. The molecule has 0 bridgehead atoms. The molecule has 5 nitrogen and oxygen atoms in total. The van der Waals surface area contributed by atoms with Crippen LogP contribution >= 0.6 is 0 Å². The zero-order valence-electron chi connectivity index (χ0n) is 12.8. The van der Waals surface area contributed by atoms with Crippen LogP contribution in [0.4, 0.5) is 14.5 Å². The normalized spacial score (nSPS) is 11.5. The van der Waals surface area contributed by atoms with Crippen LogP contribution in [0.1, 0.15) is 15.9 Å². The number of nitrogens with one attached hydrogen (secondary N) is 1. The van der Waals surface area contributed by atoms with E-state index < -0.39 is 17.5 Å². The Hall–Kier alpha value is -3.48. The molecule has 0 unspecified atom stereocenters. The Balaban J connectivity index is 1.89. The lowest BCUT2D eigenvalue weighted by Gasteiger charge is -2.08. The maximum absolute atomic E-state index is 13.6. The highest BCUT2D eigenvalue weighted by Crippen LogP contribution is 2.20. The van der Waals surface area contributed by atoms with Gasteiger partial charge in [0, 0.05) is 17.2 Å². The van der Waals surface area contributed by atoms with Crippen LogP contribution in [-0.4, -0.2) is 17.0 Å². The SMILES string of the molecule is NC(=NO)c1ccc2cc(C(=O)Nc3ccc(F)cc3F)ccc2c1. The molecule has 7 heteroatoms. The summed E-state index contributed by atoms with van der Waals surface area (Å²) >= 11 is 0. The molecule has 0 fully saturated rings. The average Bonchev–Trinajstić information content (AvgIpc) is 2.62. The first-order chi connectivity index (χ1) is 12.0. The van der Waals surface area contributed by atoms with Gasteiger partial charge in [0.05, 0.1) is 5.69 Å². The van der Waals surface area contributed by atoms with Crippen molar-refractivity contribution in [2.24, 2.45) is 10.9 Å². The maximum atomic E-state index is 13.6. The van der Waals surface area contributed by atoms with Gasteiger partial charge >= 0.3 is 0 Å². The number of halogens is 2. The van der Waals surface area contributed by atoms with Gasteiger partial charge in [0.25, 0.3) is 5.91 Å². The summed E-state index contributed by atoms with van der Waals surface area (Å²) < 4.78 is 26.5. The van der Waals surface area contributed by atoms with Crippen LogP contribution in [0, 0.1) is 11.6 Å². The fourth-order valence-corrected chi connectivity index (χ4v) is 2.39. The van der Waals surface area contributed by atoms with Crippen LogP contribution in [0.25, 0.3) is 10.8 Å². The summed E-state index contributed by atoms with van der Waals surface area (Å²) in [5.41, 5.74) is 6.30. The van der Waals surface area contributed by atoms with E-state index in [4.69, 9.17) is 10.9 Å². The average molecular weight is 341 g/mol. The Kier molecular flexibility index (Phi) is 4.30. The second-order valence-corrected chi connectivity index (χ2v) is 5.34.